The first kappa shape index (κ1) is 13.3. The van der Waals surface area contributed by atoms with Crippen molar-refractivity contribution in [3.05, 3.63) is 48.3 Å². The van der Waals surface area contributed by atoms with E-state index in [2.05, 4.69) is 10.4 Å². The van der Waals surface area contributed by atoms with Crippen molar-refractivity contribution in [3.8, 4) is 5.69 Å². The van der Waals surface area contributed by atoms with Gasteiger partial charge in [-0.25, -0.2) is 4.68 Å². The second-order valence-electron chi connectivity index (χ2n) is 4.23. The number of aliphatic hydroxyl groups is 1. The Kier molecular flexibility index (Phi) is 4.69. The zero-order chi connectivity index (χ0) is 13.5. The molecule has 2 aromatic rings. The van der Waals surface area contributed by atoms with Crippen LogP contribution in [0.15, 0.2) is 42.7 Å². The van der Waals surface area contributed by atoms with Gasteiger partial charge in [0.15, 0.2) is 0 Å². The maximum atomic E-state index is 11.4. The van der Waals surface area contributed by atoms with E-state index >= 15 is 0 Å². The molecule has 0 fully saturated rings. The molecular formula is C14H17N3O2. The molecule has 1 amide bonds. The molecule has 0 aliphatic carbocycles. The number of carbonyl (C=O) groups excluding carboxylic acids is 1. The summed E-state index contributed by atoms with van der Waals surface area (Å²) in [5.41, 5.74) is 1.93. The summed E-state index contributed by atoms with van der Waals surface area (Å²) >= 11 is 0. The molecule has 1 aromatic carbocycles. The van der Waals surface area contributed by atoms with Gasteiger partial charge in [-0.1, -0.05) is 18.2 Å². The lowest BCUT2D eigenvalue weighted by atomic mass is 10.3. The van der Waals surface area contributed by atoms with E-state index in [9.17, 15) is 4.79 Å². The number of nitrogens with one attached hydrogen (secondary N) is 1. The van der Waals surface area contributed by atoms with Crippen molar-refractivity contribution in [2.45, 2.75) is 19.4 Å². The van der Waals surface area contributed by atoms with Crippen LogP contribution in [-0.2, 0) is 11.3 Å². The maximum Gasteiger partial charge on any atom is 0.220 e. The number of rotatable bonds is 6. The molecule has 2 rings (SSSR count). The largest absolute Gasteiger partial charge is 0.396 e. The number of aliphatic hydroxyl groups excluding tert-OH is 1. The lowest BCUT2D eigenvalue weighted by Gasteiger charge is -2.02. The van der Waals surface area contributed by atoms with Gasteiger partial charge in [0.1, 0.15) is 0 Å². The minimum atomic E-state index is -0.0542. The zero-order valence-corrected chi connectivity index (χ0v) is 10.6. The van der Waals surface area contributed by atoms with Crippen molar-refractivity contribution in [1.29, 1.82) is 0 Å². The van der Waals surface area contributed by atoms with Gasteiger partial charge in [-0.2, -0.15) is 5.10 Å². The first-order valence-corrected chi connectivity index (χ1v) is 6.26. The number of hydrogen-bond donors (Lipinski definition) is 2. The summed E-state index contributed by atoms with van der Waals surface area (Å²) in [6.07, 6.45) is 4.47. The van der Waals surface area contributed by atoms with Gasteiger partial charge < -0.3 is 10.4 Å². The Morgan fingerprint density at radius 3 is 2.84 bits per heavy atom. The number of para-hydroxylation sites is 1. The fraction of sp³-hybridized carbons (Fsp3) is 0.286. The Balaban J connectivity index is 1.90. The molecule has 0 aliphatic heterocycles. The molecule has 0 saturated heterocycles. The molecule has 0 unspecified atom stereocenters. The minimum absolute atomic E-state index is 0.0410. The van der Waals surface area contributed by atoms with Crippen molar-refractivity contribution in [3.63, 3.8) is 0 Å². The number of nitrogens with zero attached hydrogens (tertiary/aromatic N) is 2. The van der Waals surface area contributed by atoms with E-state index in [0.717, 1.165) is 11.3 Å². The monoisotopic (exact) mass is 259 g/mol. The number of hydrogen-bond acceptors (Lipinski definition) is 3. The Bertz CT molecular complexity index is 522. The van der Waals surface area contributed by atoms with E-state index in [4.69, 9.17) is 5.11 Å². The Labute approximate surface area is 111 Å². The fourth-order valence-electron chi connectivity index (χ4n) is 1.70. The number of benzene rings is 1. The molecule has 0 atom stereocenters. The normalized spacial score (nSPS) is 10.4. The van der Waals surface area contributed by atoms with E-state index in [1.165, 1.54) is 0 Å². The number of amides is 1. The second-order valence-corrected chi connectivity index (χ2v) is 4.23. The minimum Gasteiger partial charge on any atom is -0.396 e. The van der Waals surface area contributed by atoms with Gasteiger partial charge in [0, 0.05) is 31.3 Å². The van der Waals surface area contributed by atoms with Crippen LogP contribution in [0.3, 0.4) is 0 Å². The van der Waals surface area contributed by atoms with Gasteiger partial charge in [0.05, 0.1) is 11.9 Å². The van der Waals surface area contributed by atoms with Crippen LogP contribution in [0.2, 0.25) is 0 Å². The molecule has 1 aromatic heterocycles. The lowest BCUT2D eigenvalue weighted by molar-refractivity contribution is -0.121. The molecule has 2 N–H and O–H groups in total. The molecule has 19 heavy (non-hydrogen) atoms. The quantitative estimate of drug-likeness (QED) is 0.820. The van der Waals surface area contributed by atoms with Gasteiger partial charge in [-0.3, -0.25) is 4.79 Å². The first-order chi connectivity index (χ1) is 9.29. The maximum absolute atomic E-state index is 11.4. The van der Waals surface area contributed by atoms with Crippen LogP contribution < -0.4 is 5.32 Å². The van der Waals surface area contributed by atoms with Crippen LogP contribution in [-0.4, -0.2) is 27.4 Å². The van der Waals surface area contributed by atoms with E-state index in [1.54, 1.807) is 10.9 Å². The highest BCUT2D eigenvalue weighted by molar-refractivity contribution is 5.75. The van der Waals surface area contributed by atoms with Crippen LogP contribution in [0.4, 0.5) is 0 Å². The average Bonchev–Trinajstić information content (AvgIpc) is 2.93. The molecule has 1 heterocycles. The van der Waals surface area contributed by atoms with Crippen LogP contribution in [0, 0.1) is 0 Å². The second kappa shape index (κ2) is 6.70. The van der Waals surface area contributed by atoms with Crippen molar-refractivity contribution >= 4 is 5.91 Å². The lowest BCUT2D eigenvalue weighted by Crippen LogP contribution is -2.22. The third-order valence-corrected chi connectivity index (χ3v) is 2.71. The summed E-state index contributed by atoms with van der Waals surface area (Å²) in [5.74, 6) is -0.0542. The highest BCUT2D eigenvalue weighted by Crippen LogP contribution is 2.07. The first-order valence-electron chi connectivity index (χ1n) is 6.26. The summed E-state index contributed by atoms with van der Waals surface area (Å²) in [7, 11) is 0. The highest BCUT2D eigenvalue weighted by Gasteiger charge is 2.03. The molecule has 5 nitrogen and oxygen atoms in total. The summed E-state index contributed by atoms with van der Waals surface area (Å²) in [6, 6.07) is 9.79. The Hall–Kier alpha value is -2.14. The molecule has 5 heteroatoms. The molecule has 0 saturated carbocycles. The van der Waals surface area contributed by atoms with Gasteiger partial charge >= 0.3 is 0 Å². The van der Waals surface area contributed by atoms with Gasteiger partial charge in [0.25, 0.3) is 0 Å². The van der Waals surface area contributed by atoms with E-state index in [1.807, 2.05) is 36.5 Å². The molecule has 100 valence electrons. The Morgan fingerprint density at radius 2 is 2.11 bits per heavy atom. The molecule has 0 bridgehead atoms. The average molecular weight is 259 g/mol. The zero-order valence-electron chi connectivity index (χ0n) is 10.6. The number of aromatic nitrogens is 2. The van der Waals surface area contributed by atoms with Crippen LogP contribution in [0.25, 0.3) is 5.69 Å². The predicted octanol–water partition coefficient (Wildman–Crippen LogP) is 1.26. The van der Waals surface area contributed by atoms with Crippen LogP contribution in [0.5, 0.6) is 0 Å². The predicted molar refractivity (Wildman–Crippen MR) is 71.7 cm³/mol. The van der Waals surface area contributed by atoms with Crippen LogP contribution >= 0.6 is 0 Å². The summed E-state index contributed by atoms with van der Waals surface area (Å²) < 4.78 is 1.77. The fourth-order valence-corrected chi connectivity index (χ4v) is 1.70. The van der Waals surface area contributed by atoms with Crippen molar-refractivity contribution < 1.29 is 9.90 Å². The summed E-state index contributed by atoms with van der Waals surface area (Å²) in [6.45, 7) is 0.496. The SMILES string of the molecule is O=C(CCCO)NCc1cnn(-c2ccccc2)c1. The van der Waals surface area contributed by atoms with E-state index in [-0.39, 0.29) is 12.5 Å². The van der Waals surface area contributed by atoms with Gasteiger partial charge in [-0.05, 0) is 18.6 Å². The molecule has 0 radical (unpaired) electrons. The molecule has 0 aliphatic rings. The van der Waals surface area contributed by atoms with Crippen LogP contribution in [0.1, 0.15) is 18.4 Å². The third-order valence-electron chi connectivity index (χ3n) is 2.71. The smallest absolute Gasteiger partial charge is 0.220 e. The summed E-state index contributed by atoms with van der Waals surface area (Å²) in [4.78, 5) is 11.4. The van der Waals surface area contributed by atoms with Crippen molar-refractivity contribution in [2.75, 3.05) is 6.61 Å². The standard InChI is InChI=1S/C14H17N3O2/c18-8-4-7-14(19)15-9-12-10-16-17(11-12)13-5-2-1-3-6-13/h1-3,5-6,10-11,18H,4,7-9H2,(H,15,19). The van der Waals surface area contributed by atoms with Gasteiger partial charge in [0.2, 0.25) is 5.91 Å². The number of carbonyl (C=O) groups is 1. The van der Waals surface area contributed by atoms with Gasteiger partial charge in [-0.15, -0.1) is 0 Å². The topological polar surface area (TPSA) is 67.2 Å². The summed E-state index contributed by atoms with van der Waals surface area (Å²) in [5, 5.41) is 15.7. The van der Waals surface area contributed by atoms with E-state index in [0.29, 0.717) is 19.4 Å². The Morgan fingerprint density at radius 1 is 1.32 bits per heavy atom. The third kappa shape index (κ3) is 3.93. The molecule has 0 spiro atoms. The van der Waals surface area contributed by atoms with Crippen molar-refractivity contribution in [1.82, 2.24) is 15.1 Å². The highest BCUT2D eigenvalue weighted by atomic mass is 16.3. The van der Waals surface area contributed by atoms with E-state index < -0.39 is 0 Å². The molecular weight excluding hydrogens is 242 g/mol. The van der Waals surface area contributed by atoms with Crippen molar-refractivity contribution in [2.24, 2.45) is 0 Å².